The van der Waals surface area contributed by atoms with Crippen LogP contribution in [-0.4, -0.2) is 25.7 Å². The summed E-state index contributed by atoms with van der Waals surface area (Å²) in [4.78, 5) is -0.542. The number of aliphatic hydroxyl groups is 1. The lowest BCUT2D eigenvalue weighted by atomic mass is 9.94. The molecule has 36 heavy (non-hydrogen) atoms. The normalized spacial score (nSPS) is 18.8. The zero-order valence-corrected chi connectivity index (χ0v) is 20.8. The Balaban J connectivity index is 1.83. The number of aliphatic hydroxyl groups excluding tert-OH is 1. The monoisotopic (exact) mass is 539 g/mol. The minimum Gasteiger partial charge on any atom is -0.391 e. The van der Waals surface area contributed by atoms with Gasteiger partial charge in [-0.05, 0) is 66.9 Å². The van der Waals surface area contributed by atoms with Gasteiger partial charge in [-0.3, -0.25) is 4.31 Å². The van der Waals surface area contributed by atoms with E-state index in [9.17, 15) is 31.1 Å². The van der Waals surface area contributed by atoms with Crippen molar-refractivity contribution in [3.63, 3.8) is 0 Å². The summed E-state index contributed by atoms with van der Waals surface area (Å²) in [6.45, 7) is 3.15. The zero-order chi connectivity index (χ0) is 26.4. The molecule has 0 amide bonds. The van der Waals surface area contributed by atoms with E-state index in [0.717, 1.165) is 22.5 Å². The van der Waals surface area contributed by atoms with E-state index < -0.39 is 44.6 Å². The van der Waals surface area contributed by atoms with Crippen LogP contribution < -0.4 is 4.31 Å². The second kappa shape index (κ2) is 9.53. The molecule has 0 radical (unpaired) electrons. The highest BCUT2D eigenvalue weighted by atomic mass is 35.5. The predicted octanol–water partition coefficient (Wildman–Crippen LogP) is 6.56. The molecule has 0 unspecified atom stereocenters. The van der Waals surface area contributed by atoms with Gasteiger partial charge in [0.1, 0.15) is 5.82 Å². The molecule has 1 aliphatic heterocycles. The van der Waals surface area contributed by atoms with E-state index in [2.05, 4.69) is 0 Å². The smallest absolute Gasteiger partial charge is 0.391 e. The van der Waals surface area contributed by atoms with Gasteiger partial charge in [0.25, 0.3) is 10.0 Å². The van der Waals surface area contributed by atoms with Crippen molar-refractivity contribution in [3.05, 3.63) is 93.8 Å². The van der Waals surface area contributed by atoms with E-state index in [-0.39, 0.29) is 22.7 Å². The molecule has 4 nitrogen and oxygen atoms in total. The maximum absolute atomic E-state index is 14.4. The molecule has 0 bridgehead atoms. The molecule has 1 aliphatic rings. The van der Waals surface area contributed by atoms with Crippen LogP contribution in [0.1, 0.15) is 36.1 Å². The third kappa shape index (κ3) is 4.87. The number of sulfonamides is 1. The topological polar surface area (TPSA) is 57.6 Å². The van der Waals surface area contributed by atoms with Crippen LogP contribution in [-0.2, 0) is 22.6 Å². The maximum atomic E-state index is 14.4. The molecule has 3 aromatic rings. The lowest BCUT2D eigenvalue weighted by molar-refractivity contribution is -0.137. The molecular formula is C26H22ClF4NO3S. The van der Waals surface area contributed by atoms with Crippen molar-refractivity contribution in [2.45, 2.75) is 43.5 Å². The average Bonchev–Trinajstić information content (AvgIpc) is 2.79. The van der Waals surface area contributed by atoms with E-state index >= 15 is 0 Å². The van der Waals surface area contributed by atoms with E-state index in [4.69, 9.17) is 11.6 Å². The number of hydrogen-bond acceptors (Lipinski definition) is 3. The maximum Gasteiger partial charge on any atom is 0.416 e. The van der Waals surface area contributed by atoms with Crippen LogP contribution in [0.5, 0.6) is 0 Å². The molecule has 0 spiro atoms. The number of halogens is 5. The first-order chi connectivity index (χ1) is 16.8. The fourth-order valence-corrected chi connectivity index (χ4v) is 6.38. The van der Waals surface area contributed by atoms with Crippen LogP contribution in [0.15, 0.2) is 65.6 Å². The van der Waals surface area contributed by atoms with E-state index in [1.165, 1.54) is 19.1 Å². The van der Waals surface area contributed by atoms with Crippen molar-refractivity contribution in [3.8, 4) is 0 Å². The van der Waals surface area contributed by atoms with Crippen LogP contribution in [0.4, 0.5) is 23.2 Å². The lowest BCUT2D eigenvalue weighted by Crippen LogP contribution is -2.49. The SMILES string of the molecule is C/C(=C\c1ccc2c(c1)N(S(=O)(=O)c1cccc(C(F)(F)F)c1)[C@H](C)[C@H](O)C2)c1c(F)cccc1Cl. The minimum absolute atomic E-state index is 0.160. The first kappa shape index (κ1) is 26.2. The largest absolute Gasteiger partial charge is 0.416 e. The quantitative estimate of drug-likeness (QED) is 0.302. The Labute approximate surface area is 211 Å². The molecular weight excluding hydrogens is 518 g/mol. The first-order valence-electron chi connectivity index (χ1n) is 11.0. The molecule has 2 atom stereocenters. The van der Waals surface area contributed by atoms with Gasteiger partial charge in [0.05, 0.1) is 33.3 Å². The molecule has 0 aromatic heterocycles. The number of hydrogen-bond donors (Lipinski definition) is 1. The Morgan fingerprint density at radius 1 is 1.11 bits per heavy atom. The first-order valence-corrected chi connectivity index (χ1v) is 12.8. The highest BCUT2D eigenvalue weighted by Gasteiger charge is 2.39. The summed E-state index contributed by atoms with van der Waals surface area (Å²) in [5.74, 6) is -0.514. The standard InChI is InChI=1S/C26H22ClF4NO3S/c1-15(25-21(27)7-4-8-22(25)28)11-17-9-10-18-13-24(33)16(2)32(23(18)12-17)36(34,35)20-6-3-5-19(14-20)26(29,30)31/h3-12,14,16,24,33H,13H2,1-2H3/b15-11+/t16-,24-/m1/s1. The van der Waals surface area contributed by atoms with Crippen molar-refractivity contribution in [2.24, 2.45) is 0 Å². The van der Waals surface area contributed by atoms with E-state index in [1.54, 1.807) is 37.3 Å². The number of alkyl halides is 3. The van der Waals surface area contributed by atoms with Gasteiger partial charge in [0.2, 0.25) is 0 Å². The van der Waals surface area contributed by atoms with Gasteiger partial charge in [-0.15, -0.1) is 0 Å². The highest BCUT2D eigenvalue weighted by Crippen LogP contribution is 2.38. The summed E-state index contributed by atoms with van der Waals surface area (Å²) < 4.78 is 82.3. The Morgan fingerprint density at radius 3 is 2.47 bits per heavy atom. The highest BCUT2D eigenvalue weighted by molar-refractivity contribution is 7.92. The van der Waals surface area contributed by atoms with Crippen molar-refractivity contribution in [1.82, 2.24) is 0 Å². The summed E-state index contributed by atoms with van der Waals surface area (Å²) in [5.41, 5.74) is 0.867. The van der Waals surface area contributed by atoms with Crippen molar-refractivity contribution in [2.75, 3.05) is 4.31 Å². The fraction of sp³-hybridized carbons (Fsp3) is 0.231. The second-order valence-corrected chi connectivity index (χ2v) is 10.9. The molecule has 4 rings (SSSR count). The number of anilines is 1. The average molecular weight is 540 g/mol. The molecule has 0 fully saturated rings. The summed E-state index contributed by atoms with van der Waals surface area (Å²) in [5, 5.41) is 10.8. The third-order valence-corrected chi connectivity index (χ3v) is 8.37. The lowest BCUT2D eigenvalue weighted by Gasteiger charge is -2.39. The molecule has 1 N–H and O–H groups in total. The van der Waals surface area contributed by atoms with Gasteiger partial charge in [0.15, 0.2) is 0 Å². The number of allylic oxidation sites excluding steroid dienone is 1. The van der Waals surface area contributed by atoms with Crippen LogP contribution in [0.25, 0.3) is 11.6 Å². The fourth-order valence-electron chi connectivity index (χ4n) is 4.31. The predicted molar refractivity (Wildman–Crippen MR) is 132 cm³/mol. The van der Waals surface area contributed by atoms with Gasteiger partial charge in [-0.25, -0.2) is 12.8 Å². The van der Waals surface area contributed by atoms with E-state index in [0.29, 0.717) is 22.8 Å². The van der Waals surface area contributed by atoms with Crippen molar-refractivity contribution >= 4 is 39.0 Å². The van der Waals surface area contributed by atoms with Crippen molar-refractivity contribution < 1.29 is 31.1 Å². The minimum atomic E-state index is -4.72. The van der Waals surface area contributed by atoms with Crippen LogP contribution in [0.2, 0.25) is 5.02 Å². The summed E-state index contributed by atoms with van der Waals surface area (Å²) in [6.07, 6.45) is -4.00. The summed E-state index contributed by atoms with van der Waals surface area (Å²) in [7, 11) is -4.48. The molecule has 0 saturated heterocycles. The molecule has 190 valence electrons. The van der Waals surface area contributed by atoms with Crippen LogP contribution >= 0.6 is 11.6 Å². The number of fused-ring (bicyclic) bond motifs is 1. The number of rotatable bonds is 4. The van der Waals surface area contributed by atoms with Gasteiger partial charge in [-0.2, -0.15) is 13.2 Å². The van der Waals surface area contributed by atoms with Crippen molar-refractivity contribution in [1.29, 1.82) is 0 Å². The van der Waals surface area contributed by atoms with E-state index in [1.807, 2.05) is 0 Å². The zero-order valence-electron chi connectivity index (χ0n) is 19.2. The summed E-state index contributed by atoms with van der Waals surface area (Å²) >= 11 is 6.16. The number of benzene rings is 3. The molecule has 1 heterocycles. The Bertz CT molecular complexity index is 1430. The van der Waals surface area contributed by atoms with Gasteiger partial charge in [0, 0.05) is 12.0 Å². The van der Waals surface area contributed by atoms with Crippen LogP contribution in [0, 0.1) is 5.82 Å². The van der Waals surface area contributed by atoms with Gasteiger partial charge in [-0.1, -0.05) is 41.9 Å². The van der Waals surface area contributed by atoms with Crippen LogP contribution in [0.3, 0.4) is 0 Å². The Kier molecular flexibility index (Phi) is 6.94. The number of nitrogens with zero attached hydrogens (tertiary/aromatic N) is 1. The molecule has 3 aromatic carbocycles. The Hall–Kier alpha value is -2.88. The van der Waals surface area contributed by atoms with Gasteiger partial charge >= 0.3 is 6.18 Å². The van der Waals surface area contributed by atoms with Gasteiger partial charge < -0.3 is 5.11 Å². The second-order valence-electron chi connectivity index (χ2n) is 8.65. The summed E-state index contributed by atoms with van der Waals surface area (Å²) in [6, 6.07) is 11.7. The Morgan fingerprint density at radius 2 is 1.81 bits per heavy atom. The molecule has 0 saturated carbocycles. The molecule has 0 aliphatic carbocycles. The molecule has 10 heteroatoms. The third-order valence-electron chi connectivity index (χ3n) is 6.16.